The lowest BCUT2D eigenvalue weighted by Gasteiger charge is -2.22. The van der Waals surface area contributed by atoms with Crippen molar-refractivity contribution >= 4 is 34.6 Å². The molecule has 0 saturated heterocycles. The van der Waals surface area contributed by atoms with Crippen molar-refractivity contribution in [2.24, 2.45) is 16.1 Å². The number of aliphatic hydroxyl groups is 2. The van der Waals surface area contributed by atoms with E-state index >= 15 is 0 Å². The number of hydrogen-bond donors (Lipinski definition) is 2. The van der Waals surface area contributed by atoms with Gasteiger partial charge in [0.2, 0.25) is 0 Å². The van der Waals surface area contributed by atoms with Crippen molar-refractivity contribution in [1.29, 1.82) is 0 Å². The normalized spacial score (nSPS) is 19.4. The lowest BCUT2D eigenvalue weighted by Crippen LogP contribution is -2.29. The molecule has 102 valence electrons. The second-order valence-electron chi connectivity index (χ2n) is 4.55. The summed E-state index contributed by atoms with van der Waals surface area (Å²) >= 11 is 7.08. The Kier molecular flexibility index (Phi) is 4.62. The van der Waals surface area contributed by atoms with Crippen LogP contribution >= 0.6 is 23.4 Å². The highest BCUT2D eigenvalue weighted by molar-refractivity contribution is 8.14. The van der Waals surface area contributed by atoms with E-state index < -0.39 is 5.79 Å². The first-order valence-corrected chi connectivity index (χ1v) is 7.27. The van der Waals surface area contributed by atoms with Crippen LogP contribution < -0.4 is 0 Å². The van der Waals surface area contributed by atoms with Crippen molar-refractivity contribution in [3.05, 3.63) is 34.9 Å². The molecule has 1 heterocycles. The van der Waals surface area contributed by atoms with E-state index in [1.54, 1.807) is 30.5 Å². The summed E-state index contributed by atoms with van der Waals surface area (Å²) in [7, 11) is 0. The van der Waals surface area contributed by atoms with Crippen LogP contribution in [0, 0.1) is 5.92 Å². The average Bonchev–Trinajstić information content (AvgIpc) is 2.37. The van der Waals surface area contributed by atoms with E-state index in [1.165, 1.54) is 11.8 Å². The molecule has 0 radical (unpaired) electrons. The fourth-order valence-corrected chi connectivity index (χ4v) is 2.80. The molecule has 2 N–H and O–H groups in total. The molecule has 0 aliphatic carbocycles. The maximum atomic E-state index is 10.1. The van der Waals surface area contributed by atoms with Gasteiger partial charge in [0.05, 0.1) is 10.8 Å². The van der Waals surface area contributed by atoms with Crippen LogP contribution in [-0.2, 0) is 5.79 Å². The fourth-order valence-electron chi connectivity index (χ4n) is 1.65. The SMILES string of the molecule is CC1C=NN=C(SCC(O)(O)c2ccc(Cl)cc2)C1. The van der Waals surface area contributed by atoms with Crippen molar-refractivity contribution < 1.29 is 10.2 Å². The Hall–Kier alpha value is -0.880. The van der Waals surface area contributed by atoms with E-state index in [4.69, 9.17) is 11.6 Å². The Morgan fingerprint density at radius 3 is 2.68 bits per heavy atom. The second kappa shape index (κ2) is 6.05. The van der Waals surface area contributed by atoms with Gasteiger partial charge in [0, 0.05) is 23.2 Å². The van der Waals surface area contributed by atoms with Gasteiger partial charge in [-0.05, 0) is 18.1 Å². The minimum absolute atomic E-state index is 0.107. The van der Waals surface area contributed by atoms with Gasteiger partial charge in [-0.25, -0.2) is 0 Å². The van der Waals surface area contributed by atoms with Gasteiger partial charge in [-0.3, -0.25) is 0 Å². The van der Waals surface area contributed by atoms with E-state index in [9.17, 15) is 10.2 Å². The molecule has 0 saturated carbocycles. The Morgan fingerprint density at radius 1 is 1.37 bits per heavy atom. The van der Waals surface area contributed by atoms with Crippen molar-refractivity contribution in [1.82, 2.24) is 0 Å². The van der Waals surface area contributed by atoms with E-state index in [-0.39, 0.29) is 5.75 Å². The standard InChI is InChI=1S/C13H15ClN2O2S/c1-9-6-12(16-15-7-9)19-8-13(17,18)10-2-4-11(14)5-3-10/h2-5,7,9,17-18H,6,8H2,1H3. The van der Waals surface area contributed by atoms with Crippen LogP contribution in [0.15, 0.2) is 34.5 Å². The molecule has 19 heavy (non-hydrogen) atoms. The third-order valence-electron chi connectivity index (χ3n) is 2.73. The molecule has 4 nitrogen and oxygen atoms in total. The first kappa shape index (κ1) is 14.5. The molecule has 0 amide bonds. The number of halogens is 1. The van der Waals surface area contributed by atoms with Crippen LogP contribution in [0.2, 0.25) is 5.02 Å². The van der Waals surface area contributed by atoms with Gasteiger partial charge in [0.1, 0.15) is 0 Å². The zero-order valence-corrected chi connectivity index (χ0v) is 12.0. The summed E-state index contributed by atoms with van der Waals surface area (Å²) in [6, 6.07) is 6.47. The van der Waals surface area contributed by atoms with E-state index in [2.05, 4.69) is 10.2 Å². The number of thioether (sulfide) groups is 1. The largest absolute Gasteiger partial charge is 0.361 e. The quantitative estimate of drug-likeness (QED) is 0.843. The molecule has 0 bridgehead atoms. The van der Waals surface area contributed by atoms with Crippen molar-refractivity contribution in [2.45, 2.75) is 19.1 Å². The number of nitrogens with zero attached hydrogens (tertiary/aromatic N) is 2. The van der Waals surface area contributed by atoms with Gasteiger partial charge in [-0.1, -0.05) is 30.7 Å². The predicted octanol–water partition coefficient (Wildman–Crippen LogP) is 2.63. The Balaban J connectivity index is 1.99. The summed E-state index contributed by atoms with van der Waals surface area (Å²) < 4.78 is 0. The lowest BCUT2D eigenvalue weighted by atomic mass is 10.1. The zero-order chi connectivity index (χ0) is 13.9. The number of rotatable bonds is 3. The highest BCUT2D eigenvalue weighted by atomic mass is 35.5. The fraction of sp³-hybridized carbons (Fsp3) is 0.385. The molecule has 1 aromatic rings. The van der Waals surface area contributed by atoms with Crippen molar-refractivity contribution in [2.75, 3.05) is 5.75 Å². The first-order valence-electron chi connectivity index (χ1n) is 5.91. The molecular weight excluding hydrogens is 284 g/mol. The lowest BCUT2D eigenvalue weighted by molar-refractivity contribution is -0.147. The molecule has 0 fully saturated rings. The van der Waals surface area contributed by atoms with Crippen LogP contribution in [0.25, 0.3) is 0 Å². The maximum absolute atomic E-state index is 10.1. The Morgan fingerprint density at radius 2 is 2.05 bits per heavy atom. The Labute approximate surface area is 121 Å². The summed E-state index contributed by atoms with van der Waals surface area (Å²) in [6.45, 7) is 2.04. The van der Waals surface area contributed by atoms with Gasteiger partial charge >= 0.3 is 0 Å². The maximum Gasteiger partial charge on any atom is 0.199 e. The minimum atomic E-state index is -1.90. The van der Waals surface area contributed by atoms with E-state index in [1.807, 2.05) is 6.92 Å². The summed E-state index contributed by atoms with van der Waals surface area (Å²) in [4.78, 5) is 0. The van der Waals surface area contributed by atoms with Crippen molar-refractivity contribution in [3.63, 3.8) is 0 Å². The van der Waals surface area contributed by atoms with Crippen LogP contribution in [0.5, 0.6) is 0 Å². The molecule has 1 unspecified atom stereocenters. The van der Waals surface area contributed by atoms with Crippen LogP contribution in [0.4, 0.5) is 0 Å². The molecule has 1 atom stereocenters. The minimum Gasteiger partial charge on any atom is -0.361 e. The average molecular weight is 299 g/mol. The molecule has 1 aliphatic heterocycles. The highest BCUT2D eigenvalue weighted by Gasteiger charge is 2.27. The smallest absolute Gasteiger partial charge is 0.199 e. The molecule has 1 aliphatic rings. The van der Waals surface area contributed by atoms with Crippen LogP contribution in [0.3, 0.4) is 0 Å². The third kappa shape index (κ3) is 4.04. The summed E-state index contributed by atoms with van der Waals surface area (Å²) in [5.74, 6) is -1.46. The molecule has 0 aromatic heterocycles. The Bertz CT molecular complexity index is 500. The zero-order valence-electron chi connectivity index (χ0n) is 10.5. The predicted molar refractivity (Wildman–Crippen MR) is 79.7 cm³/mol. The highest BCUT2D eigenvalue weighted by Crippen LogP contribution is 2.27. The van der Waals surface area contributed by atoms with Crippen molar-refractivity contribution in [3.8, 4) is 0 Å². The number of hydrogen-bond acceptors (Lipinski definition) is 5. The second-order valence-corrected chi connectivity index (χ2v) is 6.04. The van der Waals surface area contributed by atoms with E-state index in [0.29, 0.717) is 16.5 Å². The topological polar surface area (TPSA) is 65.2 Å². The van der Waals surface area contributed by atoms with Gasteiger partial charge in [-0.15, -0.1) is 16.9 Å². The van der Waals surface area contributed by atoms with Crippen LogP contribution in [0.1, 0.15) is 18.9 Å². The summed E-state index contributed by atoms with van der Waals surface area (Å²) in [6.07, 6.45) is 2.57. The van der Waals surface area contributed by atoms with Gasteiger partial charge < -0.3 is 10.2 Å². The van der Waals surface area contributed by atoms with Gasteiger partial charge in [0.15, 0.2) is 5.79 Å². The van der Waals surface area contributed by atoms with E-state index in [0.717, 1.165) is 11.5 Å². The monoisotopic (exact) mass is 298 g/mol. The molecule has 2 rings (SSSR count). The van der Waals surface area contributed by atoms with Crippen LogP contribution in [-0.4, -0.2) is 27.2 Å². The summed E-state index contributed by atoms with van der Waals surface area (Å²) in [5, 5.41) is 29.4. The molecule has 1 aromatic carbocycles. The van der Waals surface area contributed by atoms with Gasteiger partial charge in [0.25, 0.3) is 0 Å². The first-order chi connectivity index (χ1) is 8.97. The molecular formula is C13H15ClN2O2S. The summed E-state index contributed by atoms with van der Waals surface area (Å²) in [5.41, 5.74) is 0.414. The van der Waals surface area contributed by atoms with Gasteiger partial charge in [-0.2, -0.15) is 5.10 Å². The molecule has 6 heteroatoms. The molecule has 0 spiro atoms. The third-order valence-corrected chi connectivity index (χ3v) is 4.11. The number of benzene rings is 1.